The fraction of sp³-hybridized carbons (Fsp3) is 0.167. The summed E-state index contributed by atoms with van der Waals surface area (Å²) in [6, 6.07) is 0. The Balaban J connectivity index is 3.04. The van der Waals surface area contributed by atoms with Crippen LogP contribution in [0, 0.1) is 0 Å². The van der Waals surface area contributed by atoms with E-state index in [2.05, 4.69) is 15.0 Å². The van der Waals surface area contributed by atoms with E-state index in [1.807, 2.05) is 0 Å². The van der Waals surface area contributed by atoms with Crippen LogP contribution in [0.2, 0.25) is 0 Å². The predicted molar refractivity (Wildman–Crippen MR) is 39.1 cm³/mol. The lowest BCUT2D eigenvalue weighted by Crippen LogP contribution is -2.11. The maximum atomic E-state index is 11.0. The molecule has 0 bridgehead atoms. The molecule has 56 valence electrons. The molecule has 0 unspecified atom stereocenters. The molecular formula is C6H6N4O. The number of nitrogens with zero attached hydrogens (tertiary/aromatic N) is 3. The number of imidazole rings is 1. The van der Waals surface area contributed by atoms with Gasteiger partial charge in [-0.05, 0) is 0 Å². The molecule has 2 rings (SSSR count). The average molecular weight is 150 g/mol. The Labute approximate surface area is 61.7 Å². The number of fused-ring (bicyclic) bond motifs is 1. The van der Waals surface area contributed by atoms with Gasteiger partial charge < -0.3 is 0 Å². The molecule has 0 saturated carbocycles. The van der Waals surface area contributed by atoms with Crippen LogP contribution in [0.3, 0.4) is 0 Å². The Kier molecular flexibility index (Phi) is 1.06. The van der Waals surface area contributed by atoms with E-state index >= 15 is 0 Å². The third-order valence-corrected chi connectivity index (χ3v) is 1.58. The van der Waals surface area contributed by atoms with Crippen LogP contribution in [0.15, 0.2) is 17.3 Å². The van der Waals surface area contributed by atoms with Gasteiger partial charge in [-0.3, -0.25) is 9.55 Å². The van der Waals surface area contributed by atoms with E-state index in [1.54, 1.807) is 13.2 Å². The quantitative estimate of drug-likeness (QED) is 0.558. The van der Waals surface area contributed by atoms with Crippen LogP contribution < -0.4 is 5.69 Å². The summed E-state index contributed by atoms with van der Waals surface area (Å²) in [7, 11) is 1.67. The lowest BCUT2D eigenvalue weighted by molar-refractivity contribution is 0.890. The normalized spacial score (nSPS) is 10.6. The van der Waals surface area contributed by atoms with Gasteiger partial charge in [0.2, 0.25) is 0 Å². The molecule has 0 aliphatic rings. The predicted octanol–water partition coefficient (Wildman–Crippen LogP) is -0.343. The Bertz CT molecular complexity index is 441. The molecule has 0 fully saturated rings. The summed E-state index contributed by atoms with van der Waals surface area (Å²) in [6.07, 6.45) is 3.00. The molecule has 5 nitrogen and oxygen atoms in total. The Morgan fingerprint density at radius 3 is 3.18 bits per heavy atom. The van der Waals surface area contributed by atoms with Crippen molar-refractivity contribution in [1.82, 2.24) is 19.5 Å². The molecule has 5 heteroatoms. The van der Waals surface area contributed by atoms with Gasteiger partial charge in [-0.2, -0.15) is 0 Å². The summed E-state index contributed by atoms with van der Waals surface area (Å²) in [4.78, 5) is 21.2. The Hall–Kier alpha value is -1.65. The maximum Gasteiger partial charge on any atom is 0.327 e. The molecule has 2 aromatic heterocycles. The minimum atomic E-state index is -0.166. The molecule has 2 heterocycles. The monoisotopic (exact) mass is 150 g/mol. The van der Waals surface area contributed by atoms with E-state index < -0.39 is 0 Å². The molecule has 0 aliphatic heterocycles. The highest BCUT2D eigenvalue weighted by Gasteiger charge is 2.01. The van der Waals surface area contributed by atoms with Gasteiger partial charge >= 0.3 is 5.69 Å². The number of nitrogens with one attached hydrogen (secondary N) is 1. The van der Waals surface area contributed by atoms with E-state index in [0.717, 1.165) is 5.52 Å². The number of hydrogen-bond acceptors (Lipinski definition) is 3. The number of H-pyrrole nitrogens is 1. The topological polar surface area (TPSA) is 63.6 Å². The third-order valence-electron chi connectivity index (χ3n) is 1.58. The van der Waals surface area contributed by atoms with Crippen molar-refractivity contribution in [3.05, 3.63) is 23.0 Å². The first kappa shape index (κ1) is 6.09. The molecule has 2 aromatic rings. The first-order chi connectivity index (χ1) is 5.29. The van der Waals surface area contributed by atoms with Crippen LogP contribution >= 0.6 is 0 Å². The molecule has 1 N–H and O–H groups in total. The minimum absolute atomic E-state index is 0.166. The van der Waals surface area contributed by atoms with Gasteiger partial charge in [0.15, 0.2) is 5.65 Å². The standard InChI is InChI=1S/C6H6N4O/c1-10-4-2-7-3-8-5(4)9-6(10)11/h2-3H,1H3,(H,7,8,9,11). The van der Waals surface area contributed by atoms with Crippen LogP contribution in [-0.4, -0.2) is 19.5 Å². The highest BCUT2D eigenvalue weighted by molar-refractivity contribution is 5.68. The summed E-state index contributed by atoms with van der Waals surface area (Å²) >= 11 is 0. The summed E-state index contributed by atoms with van der Waals surface area (Å²) in [5.41, 5.74) is 1.13. The van der Waals surface area contributed by atoms with E-state index in [-0.39, 0.29) is 5.69 Å². The Morgan fingerprint density at radius 1 is 1.64 bits per heavy atom. The van der Waals surface area contributed by atoms with Gasteiger partial charge in [-0.1, -0.05) is 0 Å². The number of aromatic nitrogens is 4. The molecule has 11 heavy (non-hydrogen) atoms. The van der Waals surface area contributed by atoms with Crippen LogP contribution in [0.1, 0.15) is 0 Å². The molecule has 0 radical (unpaired) electrons. The van der Waals surface area contributed by atoms with Crippen molar-refractivity contribution >= 4 is 11.2 Å². The second-order valence-electron chi connectivity index (χ2n) is 2.25. The first-order valence-electron chi connectivity index (χ1n) is 3.14. The second kappa shape index (κ2) is 1.91. The molecule has 0 amide bonds. The number of hydrogen-bond donors (Lipinski definition) is 1. The third kappa shape index (κ3) is 0.739. The molecule has 0 atom stereocenters. The highest BCUT2D eigenvalue weighted by atomic mass is 16.1. The van der Waals surface area contributed by atoms with E-state index in [1.165, 1.54) is 10.9 Å². The molecular weight excluding hydrogens is 144 g/mol. The zero-order chi connectivity index (χ0) is 7.84. The van der Waals surface area contributed by atoms with Crippen molar-refractivity contribution in [3.63, 3.8) is 0 Å². The lowest BCUT2D eigenvalue weighted by Gasteiger charge is -1.88. The molecule has 0 aromatic carbocycles. The fourth-order valence-electron chi connectivity index (χ4n) is 0.959. The summed E-state index contributed by atoms with van der Waals surface area (Å²) in [5.74, 6) is 0. The first-order valence-corrected chi connectivity index (χ1v) is 3.14. The van der Waals surface area contributed by atoms with Crippen LogP contribution in [0.5, 0.6) is 0 Å². The molecule has 0 spiro atoms. The van der Waals surface area contributed by atoms with Gasteiger partial charge in [0, 0.05) is 7.05 Å². The average Bonchev–Trinajstić information content (AvgIpc) is 2.30. The summed E-state index contributed by atoms with van der Waals surface area (Å²) in [6.45, 7) is 0. The molecule has 0 saturated heterocycles. The number of aromatic amines is 1. The van der Waals surface area contributed by atoms with Gasteiger partial charge in [0.05, 0.1) is 6.20 Å². The highest BCUT2D eigenvalue weighted by Crippen LogP contribution is 2.00. The van der Waals surface area contributed by atoms with Crippen molar-refractivity contribution in [2.45, 2.75) is 0 Å². The van der Waals surface area contributed by atoms with Crippen LogP contribution in [-0.2, 0) is 7.05 Å². The second-order valence-corrected chi connectivity index (χ2v) is 2.25. The van der Waals surface area contributed by atoms with Crippen molar-refractivity contribution in [3.8, 4) is 0 Å². The summed E-state index contributed by atoms with van der Waals surface area (Å²) < 4.78 is 1.47. The van der Waals surface area contributed by atoms with Crippen molar-refractivity contribution in [1.29, 1.82) is 0 Å². The van der Waals surface area contributed by atoms with Gasteiger partial charge in [-0.15, -0.1) is 0 Å². The SMILES string of the molecule is Cn1c(=O)[nH]c2ncncc21. The van der Waals surface area contributed by atoms with Gasteiger partial charge in [0.1, 0.15) is 11.8 Å². The van der Waals surface area contributed by atoms with Crippen molar-refractivity contribution in [2.24, 2.45) is 7.05 Å². The van der Waals surface area contributed by atoms with Crippen LogP contribution in [0.25, 0.3) is 11.2 Å². The largest absolute Gasteiger partial charge is 0.327 e. The lowest BCUT2D eigenvalue weighted by atomic mass is 10.5. The zero-order valence-electron chi connectivity index (χ0n) is 5.90. The zero-order valence-corrected chi connectivity index (χ0v) is 5.90. The van der Waals surface area contributed by atoms with Gasteiger partial charge in [0.25, 0.3) is 0 Å². The fourth-order valence-corrected chi connectivity index (χ4v) is 0.959. The number of rotatable bonds is 0. The van der Waals surface area contributed by atoms with Crippen LogP contribution in [0.4, 0.5) is 0 Å². The van der Waals surface area contributed by atoms with Gasteiger partial charge in [-0.25, -0.2) is 14.8 Å². The molecule has 0 aliphatic carbocycles. The van der Waals surface area contributed by atoms with E-state index in [0.29, 0.717) is 5.65 Å². The Morgan fingerprint density at radius 2 is 2.45 bits per heavy atom. The van der Waals surface area contributed by atoms with Crippen molar-refractivity contribution < 1.29 is 0 Å². The van der Waals surface area contributed by atoms with E-state index in [4.69, 9.17) is 0 Å². The van der Waals surface area contributed by atoms with E-state index in [9.17, 15) is 4.79 Å². The smallest absolute Gasteiger partial charge is 0.292 e. The minimum Gasteiger partial charge on any atom is -0.292 e. The number of aryl methyl sites for hydroxylation is 1. The van der Waals surface area contributed by atoms with Crippen molar-refractivity contribution in [2.75, 3.05) is 0 Å². The maximum absolute atomic E-state index is 11.0. The summed E-state index contributed by atoms with van der Waals surface area (Å²) in [5, 5.41) is 0.